The van der Waals surface area contributed by atoms with Gasteiger partial charge in [-0.25, -0.2) is 9.18 Å². The summed E-state index contributed by atoms with van der Waals surface area (Å²) < 4.78 is 13.7. The van der Waals surface area contributed by atoms with Gasteiger partial charge in [0.2, 0.25) is 0 Å². The molecule has 0 bridgehead atoms. The summed E-state index contributed by atoms with van der Waals surface area (Å²) >= 11 is 8.95. The Morgan fingerprint density at radius 1 is 1.27 bits per heavy atom. The average Bonchev–Trinajstić information content (AvgIpc) is 2.45. The zero-order valence-electron chi connectivity index (χ0n) is 11.5. The van der Waals surface area contributed by atoms with Crippen molar-refractivity contribution in [2.75, 3.05) is 5.32 Å². The lowest BCUT2D eigenvalue weighted by Crippen LogP contribution is -2.41. The molecule has 1 saturated carbocycles. The highest BCUT2D eigenvalue weighted by molar-refractivity contribution is 9.10. The first-order valence-electron chi connectivity index (χ1n) is 6.81. The topological polar surface area (TPSA) is 78.4 Å². The molecule has 2 rings (SSSR count). The number of halogens is 3. The molecule has 22 heavy (non-hydrogen) atoms. The molecule has 1 aromatic carbocycles. The van der Waals surface area contributed by atoms with Crippen molar-refractivity contribution >= 4 is 45.2 Å². The van der Waals surface area contributed by atoms with Gasteiger partial charge in [0.15, 0.2) is 0 Å². The summed E-state index contributed by atoms with van der Waals surface area (Å²) in [5.41, 5.74) is 0.180. The van der Waals surface area contributed by atoms with Crippen LogP contribution in [0.2, 0.25) is 5.02 Å². The maximum absolute atomic E-state index is 13.5. The van der Waals surface area contributed by atoms with E-state index in [0.29, 0.717) is 25.7 Å². The van der Waals surface area contributed by atoms with Crippen molar-refractivity contribution in [2.24, 2.45) is 5.92 Å². The Labute approximate surface area is 140 Å². The number of anilines is 1. The maximum atomic E-state index is 13.5. The normalized spacial score (nSPS) is 21.2. The molecule has 1 aromatic rings. The van der Waals surface area contributed by atoms with Crippen LogP contribution in [0.15, 0.2) is 16.6 Å². The van der Waals surface area contributed by atoms with Gasteiger partial charge in [-0.1, -0.05) is 11.6 Å². The van der Waals surface area contributed by atoms with Gasteiger partial charge in [-0.15, -0.1) is 0 Å². The van der Waals surface area contributed by atoms with Crippen LogP contribution in [0.1, 0.15) is 25.7 Å². The van der Waals surface area contributed by atoms with E-state index in [1.165, 1.54) is 6.07 Å². The van der Waals surface area contributed by atoms with E-state index in [2.05, 4.69) is 26.6 Å². The quantitative estimate of drug-likeness (QED) is 0.679. The van der Waals surface area contributed by atoms with Gasteiger partial charge in [0.1, 0.15) is 5.82 Å². The molecular weight excluding hydrogens is 379 g/mol. The van der Waals surface area contributed by atoms with E-state index in [9.17, 15) is 14.0 Å². The average molecular weight is 394 g/mol. The van der Waals surface area contributed by atoms with Crippen molar-refractivity contribution < 1.29 is 19.1 Å². The molecule has 5 nitrogen and oxygen atoms in total. The van der Waals surface area contributed by atoms with Crippen molar-refractivity contribution in [3.63, 3.8) is 0 Å². The third kappa shape index (κ3) is 4.33. The predicted octanol–water partition coefficient (Wildman–Crippen LogP) is 4.01. The molecule has 1 aliphatic carbocycles. The van der Waals surface area contributed by atoms with E-state index in [1.54, 1.807) is 0 Å². The van der Waals surface area contributed by atoms with Crippen LogP contribution in [0.25, 0.3) is 0 Å². The number of carboxylic acid groups (broad SMARTS) is 1. The highest BCUT2D eigenvalue weighted by Crippen LogP contribution is 2.29. The van der Waals surface area contributed by atoms with E-state index >= 15 is 0 Å². The molecule has 0 radical (unpaired) electrons. The summed E-state index contributed by atoms with van der Waals surface area (Å²) in [6, 6.07) is 1.93. The number of hydrogen-bond donors (Lipinski definition) is 3. The molecule has 0 saturated heterocycles. The molecule has 1 aliphatic rings. The van der Waals surface area contributed by atoms with Crippen LogP contribution in [0.5, 0.6) is 0 Å². The molecule has 0 spiro atoms. The molecule has 0 atom stereocenters. The monoisotopic (exact) mass is 392 g/mol. The van der Waals surface area contributed by atoms with Gasteiger partial charge in [-0.2, -0.15) is 0 Å². The SMILES string of the molecule is O=C(Nc1cc(F)c(Br)cc1Cl)NC1CCC(C(=O)O)CC1. The number of amides is 2. The van der Waals surface area contributed by atoms with E-state index in [-0.39, 0.29) is 27.1 Å². The third-order valence-corrected chi connectivity index (χ3v) is 4.59. The standard InChI is InChI=1S/C14H15BrClFN2O3/c15-9-5-10(16)12(6-11(9)17)19-14(22)18-8-3-1-7(2-4-8)13(20)21/h5-8H,1-4H2,(H,20,21)(H2,18,19,22). The molecule has 120 valence electrons. The Morgan fingerprint density at radius 3 is 2.50 bits per heavy atom. The van der Waals surface area contributed by atoms with Crippen LogP contribution in [0, 0.1) is 11.7 Å². The number of urea groups is 1. The van der Waals surface area contributed by atoms with Gasteiger partial charge < -0.3 is 15.7 Å². The highest BCUT2D eigenvalue weighted by Gasteiger charge is 2.26. The summed E-state index contributed by atoms with van der Waals surface area (Å²) in [4.78, 5) is 22.8. The van der Waals surface area contributed by atoms with Crippen LogP contribution in [-0.2, 0) is 4.79 Å². The van der Waals surface area contributed by atoms with E-state index in [0.717, 1.165) is 6.07 Å². The third-order valence-electron chi connectivity index (χ3n) is 3.67. The lowest BCUT2D eigenvalue weighted by atomic mass is 9.86. The van der Waals surface area contributed by atoms with Gasteiger partial charge in [-0.3, -0.25) is 4.79 Å². The van der Waals surface area contributed by atoms with Crippen LogP contribution in [0.4, 0.5) is 14.9 Å². The minimum Gasteiger partial charge on any atom is -0.481 e. The maximum Gasteiger partial charge on any atom is 0.319 e. The van der Waals surface area contributed by atoms with Crippen molar-refractivity contribution in [1.82, 2.24) is 5.32 Å². The number of carbonyl (C=O) groups is 2. The van der Waals surface area contributed by atoms with Crippen molar-refractivity contribution in [2.45, 2.75) is 31.7 Å². The van der Waals surface area contributed by atoms with E-state index in [4.69, 9.17) is 16.7 Å². The molecule has 0 heterocycles. The highest BCUT2D eigenvalue weighted by atomic mass is 79.9. The second kappa shape index (κ2) is 7.28. The fraction of sp³-hybridized carbons (Fsp3) is 0.429. The van der Waals surface area contributed by atoms with Crippen molar-refractivity contribution in [1.29, 1.82) is 0 Å². The number of carboxylic acids is 1. The number of benzene rings is 1. The minimum atomic E-state index is -0.792. The molecule has 1 fully saturated rings. The number of rotatable bonds is 3. The fourth-order valence-electron chi connectivity index (χ4n) is 2.45. The van der Waals surface area contributed by atoms with E-state index in [1.807, 2.05) is 0 Å². The number of carbonyl (C=O) groups excluding carboxylic acids is 1. The molecule has 3 N–H and O–H groups in total. The number of hydrogen-bond acceptors (Lipinski definition) is 2. The largest absolute Gasteiger partial charge is 0.481 e. The second-order valence-electron chi connectivity index (χ2n) is 5.23. The van der Waals surface area contributed by atoms with Crippen molar-refractivity contribution in [3.05, 3.63) is 27.4 Å². The van der Waals surface area contributed by atoms with Crippen LogP contribution >= 0.6 is 27.5 Å². The first-order chi connectivity index (χ1) is 10.4. The number of nitrogens with one attached hydrogen (secondary N) is 2. The molecule has 0 unspecified atom stereocenters. The smallest absolute Gasteiger partial charge is 0.319 e. The summed E-state index contributed by atoms with van der Waals surface area (Å²) in [7, 11) is 0. The molecule has 2 amide bonds. The second-order valence-corrected chi connectivity index (χ2v) is 6.49. The Morgan fingerprint density at radius 2 is 1.91 bits per heavy atom. The molecule has 8 heteroatoms. The van der Waals surface area contributed by atoms with Gasteiger partial charge in [0, 0.05) is 12.1 Å². The van der Waals surface area contributed by atoms with E-state index < -0.39 is 17.8 Å². The predicted molar refractivity (Wildman–Crippen MR) is 84.6 cm³/mol. The summed E-state index contributed by atoms with van der Waals surface area (Å²) in [6.45, 7) is 0. The molecule has 0 aliphatic heterocycles. The fourth-order valence-corrected chi connectivity index (χ4v) is 3.13. The lowest BCUT2D eigenvalue weighted by molar-refractivity contribution is -0.142. The Bertz CT molecular complexity index is 592. The van der Waals surface area contributed by atoms with Crippen LogP contribution in [0.3, 0.4) is 0 Å². The first kappa shape index (κ1) is 17.0. The zero-order valence-corrected chi connectivity index (χ0v) is 13.9. The summed E-state index contributed by atoms with van der Waals surface area (Å²) in [5, 5.41) is 14.4. The van der Waals surface area contributed by atoms with Gasteiger partial charge in [-0.05, 0) is 47.7 Å². The Kier molecular flexibility index (Phi) is 5.63. The summed E-state index contributed by atoms with van der Waals surface area (Å²) in [5.74, 6) is -1.65. The van der Waals surface area contributed by atoms with Crippen LogP contribution in [-0.4, -0.2) is 23.1 Å². The van der Waals surface area contributed by atoms with Gasteiger partial charge in [0.25, 0.3) is 0 Å². The van der Waals surface area contributed by atoms with Crippen LogP contribution < -0.4 is 10.6 Å². The van der Waals surface area contributed by atoms with Crippen molar-refractivity contribution in [3.8, 4) is 0 Å². The summed E-state index contributed by atoms with van der Waals surface area (Å²) in [6.07, 6.45) is 2.28. The molecular formula is C14H15BrClFN2O3. The lowest BCUT2D eigenvalue weighted by Gasteiger charge is -2.26. The Hall–Kier alpha value is -1.34. The van der Waals surface area contributed by atoms with Gasteiger partial charge >= 0.3 is 12.0 Å². The van der Waals surface area contributed by atoms with Gasteiger partial charge in [0.05, 0.1) is 21.1 Å². The zero-order chi connectivity index (χ0) is 16.3. The first-order valence-corrected chi connectivity index (χ1v) is 7.98. The Balaban J connectivity index is 1.89. The minimum absolute atomic E-state index is 0.0883. The number of aliphatic carboxylic acids is 1. The molecule has 0 aromatic heterocycles.